The number of alkyl carbamates (subject to hydrolysis) is 1. The van der Waals surface area contributed by atoms with Crippen LogP contribution in [0.25, 0.3) is 0 Å². The zero-order valence-electron chi connectivity index (χ0n) is 11.6. The number of aliphatic hydroxyl groups is 1. The van der Waals surface area contributed by atoms with Crippen LogP contribution in [-0.2, 0) is 4.74 Å². The van der Waals surface area contributed by atoms with Crippen LogP contribution in [-0.4, -0.2) is 37.8 Å². The van der Waals surface area contributed by atoms with E-state index in [1.165, 1.54) is 12.4 Å². The highest BCUT2D eigenvalue weighted by Crippen LogP contribution is 2.15. The van der Waals surface area contributed by atoms with Crippen LogP contribution in [0.15, 0.2) is 12.4 Å². The van der Waals surface area contributed by atoms with Gasteiger partial charge in [0, 0.05) is 13.0 Å². The molecule has 0 saturated heterocycles. The second kappa shape index (κ2) is 6.33. The van der Waals surface area contributed by atoms with E-state index in [2.05, 4.69) is 10.3 Å². The van der Waals surface area contributed by atoms with Crippen molar-refractivity contribution < 1.29 is 19.6 Å². The Morgan fingerprint density at radius 1 is 1.65 bits per heavy atom. The van der Waals surface area contributed by atoms with Crippen molar-refractivity contribution in [3.8, 4) is 0 Å². The van der Waals surface area contributed by atoms with Gasteiger partial charge in [0.15, 0.2) is 6.23 Å². The van der Waals surface area contributed by atoms with E-state index >= 15 is 0 Å². The van der Waals surface area contributed by atoms with Crippen LogP contribution in [0.3, 0.4) is 0 Å². The largest absolute Gasteiger partial charge is 0.444 e. The van der Waals surface area contributed by atoms with Gasteiger partial charge >= 0.3 is 12.0 Å². The average Bonchev–Trinajstić information content (AvgIpc) is 2.74. The fourth-order valence-electron chi connectivity index (χ4n) is 1.44. The van der Waals surface area contributed by atoms with Gasteiger partial charge in [0.25, 0.3) is 0 Å². The molecule has 112 valence electrons. The van der Waals surface area contributed by atoms with Crippen molar-refractivity contribution in [2.24, 2.45) is 0 Å². The van der Waals surface area contributed by atoms with Gasteiger partial charge < -0.3 is 25.3 Å². The highest BCUT2D eigenvalue weighted by Gasteiger charge is 2.21. The number of hydrogen-bond donors (Lipinski definition) is 2. The first-order valence-electron chi connectivity index (χ1n) is 6.03. The number of rotatable bonds is 5. The number of ether oxygens (including phenoxy) is 1. The molecule has 0 aliphatic rings. The molecule has 0 bridgehead atoms. The van der Waals surface area contributed by atoms with E-state index in [9.17, 15) is 20.0 Å². The number of aliphatic hydroxyl groups excluding tert-OH is 1. The Balaban J connectivity index is 2.44. The smallest absolute Gasteiger partial charge is 0.436 e. The molecular weight excluding hydrogens is 268 g/mol. The third kappa shape index (κ3) is 4.84. The third-order valence-electron chi connectivity index (χ3n) is 2.20. The minimum atomic E-state index is -1.15. The lowest BCUT2D eigenvalue weighted by atomic mass is 10.2. The van der Waals surface area contributed by atoms with Crippen LogP contribution in [0, 0.1) is 10.1 Å². The number of amides is 1. The Morgan fingerprint density at radius 3 is 2.85 bits per heavy atom. The quantitative estimate of drug-likeness (QED) is 0.620. The fourth-order valence-corrected chi connectivity index (χ4v) is 1.44. The van der Waals surface area contributed by atoms with Crippen molar-refractivity contribution in [1.82, 2.24) is 14.9 Å². The molecule has 9 heteroatoms. The molecule has 0 spiro atoms. The summed E-state index contributed by atoms with van der Waals surface area (Å²) in [4.78, 5) is 24.8. The molecule has 0 saturated carbocycles. The van der Waals surface area contributed by atoms with Crippen molar-refractivity contribution in [1.29, 1.82) is 0 Å². The summed E-state index contributed by atoms with van der Waals surface area (Å²) in [5, 5.41) is 22.9. The molecule has 0 aliphatic carbocycles. The Hall–Kier alpha value is -2.16. The predicted molar refractivity (Wildman–Crippen MR) is 69.0 cm³/mol. The van der Waals surface area contributed by atoms with Gasteiger partial charge in [-0.1, -0.05) is 4.98 Å². The van der Waals surface area contributed by atoms with Crippen LogP contribution in [0.1, 0.15) is 33.4 Å². The Bertz CT molecular complexity index is 479. The maximum atomic E-state index is 11.4. The molecule has 0 aromatic carbocycles. The van der Waals surface area contributed by atoms with Crippen molar-refractivity contribution >= 4 is 12.0 Å². The number of carbonyl (C=O) groups is 1. The summed E-state index contributed by atoms with van der Waals surface area (Å²) in [5.74, 6) is -0.449. The Morgan fingerprint density at radius 2 is 2.30 bits per heavy atom. The number of nitrogens with zero attached hydrogens (tertiary/aromatic N) is 3. The molecule has 1 atom stereocenters. The fraction of sp³-hybridized carbons (Fsp3) is 0.636. The number of nitro groups is 1. The average molecular weight is 286 g/mol. The minimum Gasteiger partial charge on any atom is -0.444 e. The number of nitrogens with one attached hydrogen (secondary N) is 1. The number of carbonyl (C=O) groups excluding carboxylic acids is 1. The van der Waals surface area contributed by atoms with E-state index in [0.717, 1.165) is 4.57 Å². The molecule has 2 N–H and O–H groups in total. The van der Waals surface area contributed by atoms with E-state index in [4.69, 9.17) is 4.74 Å². The molecule has 1 heterocycles. The molecule has 0 aliphatic heterocycles. The van der Waals surface area contributed by atoms with Crippen LogP contribution >= 0.6 is 0 Å². The zero-order chi connectivity index (χ0) is 15.3. The van der Waals surface area contributed by atoms with Gasteiger partial charge in [-0.2, -0.15) is 0 Å². The molecule has 1 aromatic rings. The first-order valence-corrected chi connectivity index (χ1v) is 6.03. The summed E-state index contributed by atoms with van der Waals surface area (Å²) in [6.07, 6.45) is 0.868. The second-order valence-electron chi connectivity index (χ2n) is 5.09. The van der Waals surface area contributed by atoms with E-state index in [-0.39, 0.29) is 13.0 Å². The molecule has 1 aromatic heterocycles. The first kappa shape index (κ1) is 15.9. The summed E-state index contributed by atoms with van der Waals surface area (Å²) in [6.45, 7) is 5.31. The first-order chi connectivity index (χ1) is 9.20. The normalized spacial score (nSPS) is 12.8. The maximum absolute atomic E-state index is 11.4. The SMILES string of the molecule is CC(C)(C)OC(=O)NCCC(O)n1ccnc1[N+](=O)[O-]. The summed E-state index contributed by atoms with van der Waals surface area (Å²) in [7, 11) is 0. The van der Waals surface area contributed by atoms with Crippen molar-refractivity contribution in [2.75, 3.05) is 6.54 Å². The van der Waals surface area contributed by atoms with E-state index < -0.39 is 28.8 Å². The molecule has 1 unspecified atom stereocenters. The van der Waals surface area contributed by atoms with Gasteiger partial charge in [-0.3, -0.25) is 0 Å². The topological polar surface area (TPSA) is 120 Å². The number of aromatic nitrogens is 2. The Kier molecular flexibility index (Phi) is 5.03. The van der Waals surface area contributed by atoms with Gasteiger partial charge in [-0.25, -0.2) is 9.36 Å². The van der Waals surface area contributed by atoms with Crippen molar-refractivity contribution in [3.63, 3.8) is 0 Å². The van der Waals surface area contributed by atoms with E-state index in [0.29, 0.717) is 0 Å². The monoisotopic (exact) mass is 286 g/mol. The summed E-state index contributed by atoms with van der Waals surface area (Å²) < 4.78 is 6.04. The maximum Gasteiger partial charge on any atom is 0.436 e. The van der Waals surface area contributed by atoms with Gasteiger partial charge in [0.1, 0.15) is 18.0 Å². The van der Waals surface area contributed by atoms with Crippen molar-refractivity contribution in [2.45, 2.75) is 39.0 Å². The van der Waals surface area contributed by atoms with Gasteiger partial charge in [0.2, 0.25) is 0 Å². The summed E-state index contributed by atoms with van der Waals surface area (Å²) >= 11 is 0. The minimum absolute atomic E-state index is 0.0937. The summed E-state index contributed by atoms with van der Waals surface area (Å²) in [5.41, 5.74) is -0.605. The van der Waals surface area contributed by atoms with Gasteiger partial charge in [-0.15, -0.1) is 0 Å². The summed E-state index contributed by atoms with van der Waals surface area (Å²) in [6, 6.07) is 0. The van der Waals surface area contributed by atoms with Gasteiger partial charge in [0.05, 0.1) is 0 Å². The Labute approximate surface area is 115 Å². The lowest BCUT2D eigenvalue weighted by Crippen LogP contribution is -2.33. The third-order valence-corrected chi connectivity index (χ3v) is 2.20. The van der Waals surface area contributed by atoms with Crippen molar-refractivity contribution in [3.05, 3.63) is 22.5 Å². The number of hydrogen-bond acceptors (Lipinski definition) is 6. The lowest BCUT2D eigenvalue weighted by molar-refractivity contribution is -0.398. The molecular formula is C11H18N4O5. The number of imidazole rings is 1. The second-order valence-corrected chi connectivity index (χ2v) is 5.09. The molecule has 0 radical (unpaired) electrons. The zero-order valence-corrected chi connectivity index (χ0v) is 11.6. The van der Waals surface area contributed by atoms with Crippen LogP contribution < -0.4 is 5.32 Å². The van der Waals surface area contributed by atoms with Gasteiger partial charge in [-0.05, 0) is 25.7 Å². The van der Waals surface area contributed by atoms with Crippen LogP contribution in [0.2, 0.25) is 0 Å². The molecule has 20 heavy (non-hydrogen) atoms. The highest BCUT2D eigenvalue weighted by atomic mass is 16.6. The molecule has 0 fully saturated rings. The molecule has 9 nitrogen and oxygen atoms in total. The van der Waals surface area contributed by atoms with Crippen LogP contribution in [0.4, 0.5) is 10.7 Å². The molecule has 1 rings (SSSR count). The standard InChI is InChI=1S/C11H18N4O5/c1-11(2,3)20-10(17)13-5-4-8(16)14-7-6-12-9(14)15(18)19/h6-8,16H,4-5H2,1-3H3,(H,13,17). The highest BCUT2D eigenvalue weighted by molar-refractivity contribution is 5.67. The van der Waals surface area contributed by atoms with E-state index in [1.54, 1.807) is 20.8 Å². The van der Waals surface area contributed by atoms with E-state index in [1.807, 2.05) is 0 Å². The molecule has 1 amide bonds. The lowest BCUT2D eigenvalue weighted by Gasteiger charge is -2.19. The van der Waals surface area contributed by atoms with Crippen LogP contribution in [0.5, 0.6) is 0 Å². The predicted octanol–water partition coefficient (Wildman–Crippen LogP) is 1.20.